The third kappa shape index (κ3) is 6.21. The van der Waals surface area contributed by atoms with Gasteiger partial charge in [0.15, 0.2) is 0 Å². The molecule has 0 spiro atoms. The number of halogens is 1. The SMILES string of the molecule is CC(C)[C@@H](C)NC(=O)c1csc(CN(C(=O)Nc2ccc(Cl)cc2)C(C)C)n1. The Morgan fingerprint density at radius 1 is 1.14 bits per heavy atom. The topological polar surface area (TPSA) is 74.3 Å². The number of benzene rings is 1. The summed E-state index contributed by atoms with van der Waals surface area (Å²) in [5.74, 6) is 0.153. The van der Waals surface area contributed by atoms with Crippen LogP contribution in [0.5, 0.6) is 0 Å². The van der Waals surface area contributed by atoms with Crippen LogP contribution in [0.2, 0.25) is 5.02 Å². The number of hydrogen-bond donors (Lipinski definition) is 2. The van der Waals surface area contributed by atoms with E-state index >= 15 is 0 Å². The summed E-state index contributed by atoms with van der Waals surface area (Å²) in [6, 6.07) is 6.75. The van der Waals surface area contributed by atoms with Gasteiger partial charge in [-0.05, 0) is 51.0 Å². The third-order valence-corrected chi connectivity index (χ3v) is 5.51. The Kier molecular flexibility index (Phi) is 7.83. The third-order valence-electron chi connectivity index (χ3n) is 4.43. The zero-order valence-electron chi connectivity index (χ0n) is 16.8. The number of amides is 3. The van der Waals surface area contributed by atoms with Crippen LogP contribution in [0.3, 0.4) is 0 Å². The molecule has 28 heavy (non-hydrogen) atoms. The molecule has 0 aliphatic carbocycles. The minimum Gasteiger partial charge on any atom is -0.348 e. The van der Waals surface area contributed by atoms with Crippen LogP contribution in [-0.2, 0) is 6.54 Å². The van der Waals surface area contributed by atoms with E-state index in [2.05, 4.69) is 29.5 Å². The normalized spacial score (nSPS) is 12.1. The molecule has 6 nitrogen and oxygen atoms in total. The van der Waals surface area contributed by atoms with E-state index in [9.17, 15) is 9.59 Å². The summed E-state index contributed by atoms with van der Waals surface area (Å²) in [5.41, 5.74) is 1.05. The van der Waals surface area contributed by atoms with Crippen LogP contribution in [0.25, 0.3) is 0 Å². The summed E-state index contributed by atoms with van der Waals surface area (Å²) in [4.78, 5) is 31.1. The number of hydrogen-bond acceptors (Lipinski definition) is 4. The van der Waals surface area contributed by atoms with Crippen LogP contribution < -0.4 is 10.6 Å². The van der Waals surface area contributed by atoms with Crippen molar-refractivity contribution in [1.82, 2.24) is 15.2 Å². The van der Waals surface area contributed by atoms with Crippen LogP contribution in [0.15, 0.2) is 29.6 Å². The predicted octanol–water partition coefficient (Wildman–Crippen LogP) is 5.01. The van der Waals surface area contributed by atoms with E-state index in [0.717, 1.165) is 0 Å². The number of aromatic nitrogens is 1. The molecule has 2 N–H and O–H groups in total. The van der Waals surface area contributed by atoms with Gasteiger partial charge in [0.25, 0.3) is 5.91 Å². The number of rotatable bonds is 7. The van der Waals surface area contributed by atoms with Crippen molar-refractivity contribution in [2.75, 3.05) is 5.32 Å². The monoisotopic (exact) mass is 422 g/mol. The van der Waals surface area contributed by atoms with Crippen LogP contribution >= 0.6 is 22.9 Å². The van der Waals surface area contributed by atoms with Crippen molar-refractivity contribution in [2.45, 2.75) is 53.2 Å². The molecule has 1 aromatic heterocycles. The Hall–Kier alpha value is -2.12. The van der Waals surface area contributed by atoms with E-state index in [1.165, 1.54) is 11.3 Å². The molecule has 152 valence electrons. The number of thiazole rings is 1. The van der Waals surface area contributed by atoms with Gasteiger partial charge in [0.1, 0.15) is 10.7 Å². The largest absolute Gasteiger partial charge is 0.348 e. The van der Waals surface area contributed by atoms with Crippen molar-refractivity contribution < 1.29 is 9.59 Å². The second-order valence-electron chi connectivity index (χ2n) is 7.29. The summed E-state index contributed by atoms with van der Waals surface area (Å²) in [6.45, 7) is 10.3. The summed E-state index contributed by atoms with van der Waals surface area (Å²) < 4.78 is 0. The minimum absolute atomic E-state index is 0.0329. The van der Waals surface area contributed by atoms with Crippen LogP contribution in [0.4, 0.5) is 10.5 Å². The predicted molar refractivity (Wildman–Crippen MR) is 115 cm³/mol. The molecule has 0 saturated heterocycles. The van der Waals surface area contributed by atoms with E-state index in [-0.39, 0.29) is 24.0 Å². The Morgan fingerprint density at radius 3 is 2.36 bits per heavy atom. The summed E-state index contributed by atoms with van der Waals surface area (Å²) >= 11 is 7.26. The highest BCUT2D eigenvalue weighted by Gasteiger charge is 2.21. The van der Waals surface area contributed by atoms with Gasteiger partial charge in [-0.3, -0.25) is 4.79 Å². The molecule has 0 unspecified atom stereocenters. The van der Waals surface area contributed by atoms with Crippen molar-refractivity contribution in [3.63, 3.8) is 0 Å². The van der Waals surface area contributed by atoms with Gasteiger partial charge in [-0.25, -0.2) is 9.78 Å². The number of urea groups is 1. The average molecular weight is 423 g/mol. The molecule has 2 aromatic rings. The quantitative estimate of drug-likeness (QED) is 0.658. The Balaban J connectivity index is 2.04. The maximum atomic E-state index is 12.7. The van der Waals surface area contributed by atoms with Crippen LogP contribution in [0, 0.1) is 5.92 Å². The molecule has 0 aliphatic heterocycles. The van der Waals surface area contributed by atoms with Crippen molar-refractivity contribution in [1.29, 1.82) is 0 Å². The molecule has 1 atom stereocenters. The van der Waals surface area contributed by atoms with Gasteiger partial charge in [0, 0.05) is 28.2 Å². The lowest BCUT2D eigenvalue weighted by molar-refractivity contribution is 0.0926. The summed E-state index contributed by atoms with van der Waals surface area (Å²) in [6.07, 6.45) is 0. The molecule has 0 aliphatic rings. The molecular formula is C20H27ClN4O2S. The van der Waals surface area contributed by atoms with E-state index in [0.29, 0.717) is 33.9 Å². The van der Waals surface area contributed by atoms with Gasteiger partial charge in [-0.1, -0.05) is 25.4 Å². The maximum Gasteiger partial charge on any atom is 0.322 e. The zero-order valence-corrected chi connectivity index (χ0v) is 18.4. The molecule has 1 aromatic carbocycles. The van der Waals surface area contributed by atoms with Gasteiger partial charge in [0.05, 0.1) is 6.54 Å². The number of carbonyl (C=O) groups is 2. The van der Waals surface area contributed by atoms with E-state index in [1.807, 2.05) is 20.8 Å². The van der Waals surface area contributed by atoms with E-state index < -0.39 is 0 Å². The summed E-state index contributed by atoms with van der Waals surface area (Å²) in [5, 5.41) is 8.86. The van der Waals surface area contributed by atoms with Crippen molar-refractivity contribution >= 4 is 40.6 Å². The number of nitrogens with one attached hydrogen (secondary N) is 2. The highest BCUT2D eigenvalue weighted by Crippen LogP contribution is 2.18. The fraction of sp³-hybridized carbons (Fsp3) is 0.450. The minimum atomic E-state index is -0.230. The second-order valence-corrected chi connectivity index (χ2v) is 8.67. The first-order chi connectivity index (χ1) is 13.2. The van der Waals surface area contributed by atoms with Gasteiger partial charge in [-0.15, -0.1) is 11.3 Å². The first-order valence-electron chi connectivity index (χ1n) is 9.25. The summed E-state index contributed by atoms with van der Waals surface area (Å²) in [7, 11) is 0. The molecule has 0 radical (unpaired) electrons. The maximum absolute atomic E-state index is 12.7. The Labute approximate surface area is 175 Å². The van der Waals surface area contributed by atoms with Crippen molar-refractivity contribution in [2.24, 2.45) is 5.92 Å². The van der Waals surface area contributed by atoms with E-state index in [1.54, 1.807) is 34.5 Å². The molecule has 8 heteroatoms. The molecule has 0 bridgehead atoms. The molecule has 3 amide bonds. The lowest BCUT2D eigenvalue weighted by Crippen LogP contribution is -2.39. The highest BCUT2D eigenvalue weighted by atomic mass is 35.5. The second kappa shape index (κ2) is 9.89. The number of carbonyl (C=O) groups excluding carboxylic acids is 2. The molecule has 1 heterocycles. The molecular weight excluding hydrogens is 396 g/mol. The fourth-order valence-electron chi connectivity index (χ4n) is 2.30. The fourth-order valence-corrected chi connectivity index (χ4v) is 3.20. The van der Waals surface area contributed by atoms with E-state index in [4.69, 9.17) is 11.6 Å². The zero-order chi connectivity index (χ0) is 20.8. The standard InChI is InChI=1S/C20H27ClN4O2S/c1-12(2)14(5)22-19(26)17-11-28-18(24-17)10-25(13(3)4)20(27)23-16-8-6-15(21)7-9-16/h6-9,11-14H,10H2,1-5H3,(H,22,26)(H,23,27)/t14-/m1/s1. The lowest BCUT2D eigenvalue weighted by atomic mass is 10.1. The van der Waals surface area contributed by atoms with Crippen LogP contribution in [-0.4, -0.2) is 33.9 Å². The lowest BCUT2D eigenvalue weighted by Gasteiger charge is -2.26. The highest BCUT2D eigenvalue weighted by molar-refractivity contribution is 7.09. The first-order valence-corrected chi connectivity index (χ1v) is 10.5. The Bertz CT molecular complexity index is 805. The van der Waals surface area contributed by atoms with Crippen molar-refractivity contribution in [3.8, 4) is 0 Å². The van der Waals surface area contributed by atoms with Gasteiger partial charge in [-0.2, -0.15) is 0 Å². The molecule has 0 fully saturated rings. The smallest absolute Gasteiger partial charge is 0.322 e. The van der Waals surface area contributed by atoms with Crippen LogP contribution in [0.1, 0.15) is 50.1 Å². The molecule has 0 saturated carbocycles. The van der Waals surface area contributed by atoms with Crippen molar-refractivity contribution in [3.05, 3.63) is 45.4 Å². The average Bonchev–Trinajstić information content (AvgIpc) is 3.10. The molecule has 2 rings (SSSR count). The van der Waals surface area contributed by atoms with Gasteiger partial charge >= 0.3 is 6.03 Å². The van der Waals surface area contributed by atoms with Gasteiger partial charge in [0.2, 0.25) is 0 Å². The Morgan fingerprint density at radius 2 is 1.79 bits per heavy atom. The number of anilines is 1. The first kappa shape index (κ1) is 22.2. The number of nitrogens with zero attached hydrogens (tertiary/aromatic N) is 2. The van der Waals surface area contributed by atoms with Gasteiger partial charge < -0.3 is 15.5 Å².